The monoisotopic (exact) mass is 432 g/mol. The summed E-state index contributed by atoms with van der Waals surface area (Å²) in [5.41, 5.74) is 2.24. The lowest BCUT2D eigenvalue weighted by Crippen LogP contribution is -2.68. The molecule has 5 rings (SSSR count). The van der Waals surface area contributed by atoms with E-state index in [0.717, 1.165) is 27.8 Å². The lowest BCUT2D eigenvalue weighted by atomic mass is 9.37. The maximum atomic E-state index is 13.9. The van der Waals surface area contributed by atoms with Crippen LogP contribution in [-0.4, -0.2) is 27.4 Å². The minimum atomic E-state index is -1.74. The maximum absolute atomic E-state index is 13.9. The van der Waals surface area contributed by atoms with Gasteiger partial charge in [-0.25, -0.2) is 0 Å². The Balaban J connectivity index is 1.91. The Morgan fingerprint density at radius 3 is 2.44 bits per heavy atom. The number of Topliss-reactive ketones (excluding diaryl/α,β-unsaturated/α-hetero) is 2. The van der Waals surface area contributed by atoms with E-state index in [1.165, 1.54) is 6.92 Å². The first kappa shape index (κ1) is 21.4. The summed E-state index contributed by atoms with van der Waals surface area (Å²) in [4.78, 5) is 26.3. The molecule has 4 aliphatic rings. The number of carbonyl (C=O) groups is 2. The molecule has 168 valence electrons. The average molecular weight is 433 g/mol. The van der Waals surface area contributed by atoms with Gasteiger partial charge in [-0.3, -0.25) is 9.59 Å². The Morgan fingerprint density at radius 2 is 1.81 bits per heavy atom. The molecule has 1 aromatic rings. The van der Waals surface area contributed by atoms with Crippen LogP contribution < -0.4 is 0 Å². The SMILES string of the molecule is CC(=O)C1=C(C)C[C@@]2(C)[C@H](C)[C@]3(C)C4=C(CC=C4c4c(O)cccc4C3(C)C)[C@@]2(O)C1=O. The van der Waals surface area contributed by atoms with Crippen LogP contribution in [0.1, 0.15) is 72.4 Å². The normalized spacial score (nSPS) is 37.1. The molecule has 0 radical (unpaired) electrons. The third-order valence-corrected chi connectivity index (χ3v) is 9.94. The fraction of sp³-hybridized carbons (Fsp3) is 0.500. The Kier molecular flexibility index (Phi) is 3.95. The predicted octanol–water partition coefficient (Wildman–Crippen LogP) is 5.04. The zero-order valence-electron chi connectivity index (χ0n) is 20.0. The molecule has 0 spiro atoms. The molecule has 0 aromatic heterocycles. The number of rotatable bonds is 1. The van der Waals surface area contributed by atoms with Gasteiger partial charge in [-0.1, -0.05) is 58.4 Å². The van der Waals surface area contributed by atoms with Gasteiger partial charge in [0.2, 0.25) is 5.78 Å². The Labute approximate surface area is 189 Å². The van der Waals surface area contributed by atoms with Crippen LogP contribution in [0.5, 0.6) is 5.75 Å². The summed E-state index contributed by atoms with van der Waals surface area (Å²) >= 11 is 0. The number of hydrogen-bond donors (Lipinski definition) is 2. The molecule has 0 fully saturated rings. The minimum Gasteiger partial charge on any atom is -0.507 e. The van der Waals surface area contributed by atoms with Crippen LogP contribution in [0.15, 0.2) is 46.6 Å². The second-order valence-corrected chi connectivity index (χ2v) is 11.3. The molecular formula is C28H32O4. The van der Waals surface area contributed by atoms with E-state index in [1.807, 2.05) is 19.9 Å². The number of fused-ring (bicyclic) bond motifs is 4. The van der Waals surface area contributed by atoms with Crippen LogP contribution in [0.4, 0.5) is 0 Å². The molecule has 4 atom stereocenters. The highest BCUT2D eigenvalue weighted by molar-refractivity contribution is 6.25. The highest BCUT2D eigenvalue weighted by Gasteiger charge is 2.72. The number of carbonyl (C=O) groups excluding carboxylic acids is 2. The first-order chi connectivity index (χ1) is 14.8. The van der Waals surface area contributed by atoms with E-state index in [2.05, 4.69) is 39.8 Å². The van der Waals surface area contributed by atoms with Gasteiger partial charge in [0.15, 0.2) is 11.4 Å². The van der Waals surface area contributed by atoms with Crippen molar-refractivity contribution in [3.63, 3.8) is 0 Å². The number of hydrogen-bond acceptors (Lipinski definition) is 4. The van der Waals surface area contributed by atoms with Gasteiger partial charge >= 0.3 is 0 Å². The molecule has 0 saturated heterocycles. The summed E-state index contributed by atoms with van der Waals surface area (Å²) in [6.07, 6.45) is 2.99. The highest BCUT2D eigenvalue weighted by atomic mass is 16.3. The van der Waals surface area contributed by atoms with Gasteiger partial charge in [-0.15, -0.1) is 0 Å². The number of phenols is 1. The van der Waals surface area contributed by atoms with Crippen molar-refractivity contribution in [3.8, 4) is 5.75 Å². The summed E-state index contributed by atoms with van der Waals surface area (Å²) in [6.45, 7) is 14.1. The van der Waals surface area contributed by atoms with Gasteiger partial charge in [-0.2, -0.15) is 0 Å². The van der Waals surface area contributed by atoms with Crippen molar-refractivity contribution < 1.29 is 19.8 Å². The number of phenolic OH excluding ortho intramolecular Hbond substituents is 1. The number of benzene rings is 1. The summed E-state index contributed by atoms with van der Waals surface area (Å²) < 4.78 is 0. The van der Waals surface area contributed by atoms with Crippen LogP contribution in [0.3, 0.4) is 0 Å². The van der Waals surface area contributed by atoms with Crippen molar-refractivity contribution in [2.75, 3.05) is 0 Å². The molecule has 4 heteroatoms. The first-order valence-electron chi connectivity index (χ1n) is 11.5. The van der Waals surface area contributed by atoms with E-state index in [9.17, 15) is 19.8 Å². The van der Waals surface area contributed by atoms with Gasteiger partial charge in [0.25, 0.3) is 0 Å². The van der Waals surface area contributed by atoms with Crippen LogP contribution in [0.25, 0.3) is 5.57 Å². The van der Waals surface area contributed by atoms with Crippen molar-refractivity contribution in [2.24, 2.45) is 16.7 Å². The molecule has 0 unspecified atom stereocenters. The Hall–Kier alpha value is -2.46. The number of allylic oxidation sites excluding steroid dienone is 4. The highest BCUT2D eigenvalue weighted by Crippen LogP contribution is 2.73. The van der Waals surface area contributed by atoms with E-state index < -0.39 is 16.8 Å². The quantitative estimate of drug-likeness (QED) is 0.610. The first-order valence-corrected chi connectivity index (χ1v) is 11.5. The topological polar surface area (TPSA) is 74.6 Å². The molecule has 4 nitrogen and oxygen atoms in total. The summed E-state index contributed by atoms with van der Waals surface area (Å²) in [5, 5.41) is 23.2. The fourth-order valence-corrected chi connectivity index (χ4v) is 7.86. The van der Waals surface area contributed by atoms with Gasteiger partial charge < -0.3 is 10.2 Å². The van der Waals surface area contributed by atoms with Gasteiger partial charge in [0.1, 0.15) is 5.75 Å². The molecule has 0 heterocycles. The summed E-state index contributed by atoms with van der Waals surface area (Å²) in [7, 11) is 0. The average Bonchev–Trinajstić information content (AvgIpc) is 3.14. The van der Waals surface area contributed by atoms with Crippen molar-refractivity contribution in [3.05, 3.63) is 57.7 Å². The second-order valence-electron chi connectivity index (χ2n) is 11.3. The summed E-state index contributed by atoms with van der Waals surface area (Å²) in [6, 6.07) is 5.69. The van der Waals surface area contributed by atoms with Crippen molar-refractivity contribution in [2.45, 2.75) is 72.3 Å². The van der Waals surface area contributed by atoms with E-state index in [1.54, 1.807) is 6.07 Å². The number of aliphatic hydroxyl groups is 1. The van der Waals surface area contributed by atoms with Crippen LogP contribution in [0, 0.1) is 16.7 Å². The van der Waals surface area contributed by atoms with Crippen LogP contribution >= 0.6 is 0 Å². The van der Waals surface area contributed by atoms with Crippen molar-refractivity contribution in [1.82, 2.24) is 0 Å². The molecule has 0 amide bonds. The minimum absolute atomic E-state index is 0.0712. The van der Waals surface area contributed by atoms with Gasteiger partial charge in [0.05, 0.1) is 5.57 Å². The molecule has 0 saturated carbocycles. The molecule has 1 aromatic carbocycles. The molecular weight excluding hydrogens is 400 g/mol. The summed E-state index contributed by atoms with van der Waals surface area (Å²) in [5.74, 6) is -0.588. The van der Waals surface area contributed by atoms with Gasteiger partial charge in [0, 0.05) is 21.8 Å². The molecule has 0 bridgehead atoms. The maximum Gasteiger partial charge on any atom is 0.202 e. The van der Waals surface area contributed by atoms with E-state index in [-0.39, 0.29) is 33.9 Å². The van der Waals surface area contributed by atoms with Crippen molar-refractivity contribution in [1.29, 1.82) is 0 Å². The second kappa shape index (κ2) is 5.91. The smallest absolute Gasteiger partial charge is 0.202 e. The molecule has 4 aliphatic carbocycles. The molecule has 2 N–H and O–H groups in total. The van der Waals surface area contributed by atoms with Crippen LogP contribution in [-0.2, 0) is 15.0 Å². The third kappa shape index (κ3) is 1.96. The molecule has 0 aliphatic heterocycles. The standard InChI is InChI=1S/C28H32O4/c1-14-13-26(6)16(3)27(7)23-17(22-18(25(27,4)5)9-8-10-20(22)30)11-12-19(23)28(26,32)24(31)21(14)15(2)29/h8-11,16,30,32H,12-13H2,1-7H3/t16-,26-,27+,28+/m0/s1. The van der Waals surface area contributed by atoms with Crippen molar-refractivity contribution >= 4 is 17.1 Å². The fourth-order valence-electron chi connectivity index (χ4n) is 7.86. The lowest BCUT2D eigenvalue weighted by molar-refractivity contribution is -0.163. The predicted molar refractivity (Wildman–Crippen MR) is 124 cm³/mol. The lowest BCUT2D eigenvalue weighted by Gasteiger charge is -2.66. The van der Waals surface area contributed by atoms with E-state index in [0.29, 0.717) is 18.4 Å². The zero-order chi connectivity index (χ0) is 23.6. The zero-order valence-corrected chi connectivity index (χ0v) is 20.0. The Morgan fingerprint density at radius 1 is 1.16 bits per heavy atom. The largest absolute Gasteiger partial charge is 0.507 e. The number of aromatic hydroxyl groups is 1. The van der Waals surface area contributed by atoms with Crippen LogP contribution in [0.2, 0.25) is 0 Å². The third-order valence-electron chi connectivity index (χ3n) is 9.94. The van der Waals surface area contributed by atoms with E-state index >= 15 is 0 Å². The van der Waals surface area contributed by atoms with Gasteiger partial charge in [-0.05, 0) is 61.0 Å². The molecule has 32 heavy (non-hydrogen) atoms. The van der Waals surface area contributed by atoms with E-state index in [4.69, 9.17) is 0 Å². The Bertz CT molecular complexity index is 1230. The number of ketones is 2.